The van der Waals surface area contributed by atoms with Crippen LogP contribution in [0, 0.1) is 5.82 Å². The molecular formula is C24H30FN3O6S. The van der Waals surface area contributed by atoms with Crippen LogP contribution in [-0.4, -0.2) is 63.2 Å². The summed E-state index contributed by atoms with van der Waals surface area (Å²) in [7, 11) is -3.86. The van der Waals surface area contributed by atoms with Gasteiger partial charge in [-0.1, -0.05) is 12.1 Å². The second kappa shape index (κ2) is 11.4. The first-order valence-electron chi connectivity index (χ1n) is 11.4. The van der Waals surface area contributed by atoms with E-state index < -0.39 is 34.3 Å². The van der Waals surface area contributed by atoms with Gasteiger partial charge >= 0.3 is 0 Å². The van der Waals surface area contributed by atoms with Gasteiger partial charge in [0.1, 0.15) is 31.6 Å². The number of carbonyl (C=O) groups is 2. The Bertz CT molecular complexity index is 1160. The van der Waals surface area contributed by atoms with Gasteiger partial charge in [0.05, 0.1) is 11.4 Å². The Morgan fingerprint density at radius 2 is 1.71 bits per heavy atom. The van der Waals surface area contributed by atoms with Crippen molar-refractivity contribution in [2.75, 3.05) is 36.4 Å². The minimum absolute atomic E-state index is 0.00142. The molecule has 3 rings (SSSR count). The Hall–Kier alpha value is -3.34. The number of benzene rings is 2. The maximum absolute atomic E-state index is 13.5. The number of nitrogens with one attached hydrogen (secondary N) is 1. The van der Waals surface area contributed by atoms with Gasteiger partial charge in [0, 0.05) is 19.2 Å². The molecule has 0 fully saturated rings. The van der Waals surface area contributed by atoms with Crippen LogP contribution < -0.4 is 19.1 Å². The highest BCUT2D eigenvalue weighted by Crippen LogP contribution is 2.35. The van der Waals surface area contributed by atoms with E-state index in [0.29, 0.717) is 36.8 Å². The quantitative estimate of drug-likeness (QED) is 0.529. The minimum atomic E-state index is -3.86. The lowest BCUT2D eigenvalue weighted by molar-refractivity contribution is -0.139. The van der Waals surface area contributed by atoms with Gasteiger partial charge < -0.3 is 19.7 Å². The molecule has 1 aliphatic rings. The molecule has 0 bridgehead atoms. The van der Waals surface area contributed by atoms with E-state index in [-0.39, 0.29) is 23.9 Å². The number of rotatable bonds is 10. The summed E-state index contributed by atoms with van der Waals surface area (Å²) in [4.78, 5) is 27.4. The highest BCUT2D eigenvalue weighted by Gasteiger charge is 2.31. The molecule has 1 N–H and O–H groups in total. The Balaban J connectivity index is 1.94. The number of likely N-dealkylation sites (N-methyl/N-ethyl adjacent to an activating group) is 1. The SMILES string of the molecule is CCNC(=O)[C@H](C)N(Cc1ccc(F)cc1)C(=O)CN(c1ccc2c(c1)OCCO2)S(=O)(=O)CC. The molecule has 0 aromatic heterocycles. The summed E-state index contributed by atoms with van der Waals surface area (Å²) in [6.45, 7) is 5.36. The zero-order chi connectivity index (χ0) is 25.6. The molecule has 2 amide bonds. The third-order valence-corrected chi connectivity index (χ3v) is 7.32. The Morgan fingerprint density at radius 3 is 2.34 bits per heavy atom. The van der Waals surface area contributed by atoms with Crippen molar-refractivity contribution in [3.8, 4) is 11.5 Å². The second-order valence-electron chi connectivity index (χ2n) is 7.95. The predicted octanol–water partition coefficient (Wildman–Crippen LogP) is 2.31. The molecule has 1 atom stereocenters. The molecule has 0 radical (unpaired) electrons. The molecule has 0 saturated heterocycles. The average Bonchev–Trinajstić information content (AvgIpc) is 2.86. The van der Waals surface area contributed by atoms with Crippen molar-refractivity contribution < 1.29 is 31.9 Å². The van der Waals surface area contributed by atoms with Gasteiger partial charge in [-0.15, -0.1) is 0 Å². The molecule has 1 heterocycles. The molecule has 2 aromatic rings. The van der Waals surface area contributed by atoms with Crippen molar-refractivity contribution in [3.05, 3.63) is 53.8 Å². The van der Waals surface area contributed by atoms with Gasteiger partial charge in [-0.25, -0.2) is 12.8 Å². The zero-order valence-corrected chi connectivity index (χ0v) is 20.8. The third-order valence-electron chi connectivity index (χ3n) is 5.58. The average molecular weight is 508 g/mol. The number of hydrogen-bond acceptors (Lipinski definition) is 6. The molecule has 35 heavy (non-hydrogen) atoms. The van der Waals surface area contributed by atoms with Crippen molar-refractivity contribution in [1.82, 2.24) is 10.2 Å². The van der Waals surface area contributed by atoms with E-state index in [4.69, 9.17) is 9.47 Å². The smallest absolute Gasteiger partial charge is 0.244 e. The van der Waals surface area contributed by atoms with Crippen LogP contribution in [0.2, 0.25) is 0 Å². The molecule has 9 nitrogen and oxygen atoms in total. The van der Waals surface area contributed by atoms with Crippen molar-refractivity contribution >= 4 is 27.5 Å². The summed E-state index contributed by atoms with van der Waals surface area (Å²) >= 11 is 0. The van der Waals surface area contributed by atoms with E-state index in [9.17, 15) is 22.4 Å². The number of hydrogen-bond donors (Lipinski definition) is 1. The van der Waals surface area contributed by atoms with Crippen LogP contribution >= 0.6 is 0 Å². The van der Waals surface area contributed by atoms with Crippen LogP contribution in [0.25, 0.3) is 0 Å². The number of ether oxygens (including phenoxy) is 2. The predicted molar refractivity (Wildman–Crippen MR) is 129 cm³/mol. The van der Waals surface area contributed by atoms with Crippen molar-refractivity contribution in [2.24, 2.45) is 0 Å². The van der Waals surface area contributed by atoms with Gasteiger partial charge in [-0.2, -0.15) is 0 Å². The topological polar surface area (TPSA) is 105 Å². The van der Waals surface area contributed by atoms with Crippen LogP contribution in [0.3, 0.4) is 0 Å². The van der Waals surface area contributed by atoms with Gasteiger partial charge in [0.15, 0.2) is 11.5 Å². The van der Waals surface area contributed by atoms with Gasteiger partial charge in [0.25, 0.3) is 0 Å². The van der Waals surface area contributed by atoms with Crippen LogP contribution in [0.1, 0.15) is 26.3 Å². The summed E-state index contributed by atoms with van der Waals surface area (Å²) in [5, 5.41) is 2.68. The molecular weight excluding hydrogens is 477 g/mol. The van der Waals surface area contributed by atoms with Crippen LogP contribution in [0.4, 0.5) is 10.1 Å². The Kier molecular flexibility index (Phi) is 8.55. The molecule has 11 heteroatoms. The van der Waals surface area contributed by atoms with Crippen LogP contribution in [0.5, 0.6) is 11.5 Å². The summed E-state index contributed by atoms with van der Waals surface area (Å²) in [5.74, 6) is -0.757. The van der Waals surface area contributed by atoms with Gasteiger partial charge in [-0.3, -0.25) is 13.9 Å². The minimum Gasteiger partial charge on any atom is -0.486 e. The number of nitrogens with zero attached hydrogens (tertiary/aromatic N) is 2. The van der Waals surface area contributed by atoms with E-state index >= 15 is 0 Å². The maximum Gasteiger partial charge on any atom is 0.244 e. The van der Waals surface area contributed by atoms with E-state index in [1.54, 1.807) is 26.0 Å². The molecule has 0 saturated carbocycles. The van der Waals surface area contributed by atoms with E-state index in [1.807, 2.05) is 0 Å². The molecule has 0 aliphatic carbocycles. The molecule has 1 aliphatic heterocycles. The zero-order valence-electron chi connectivity index (χ0n) is 20.0. The number of carbonyl (C=O) groups excluding carboxylic acids is 2. The number of halogens is 1. The third kappa shape index (κ3) is 6.41. The fourth-order valence-electron chi connectivity index (χ4n) is 3.60. The lowest BCUT2D eigenvalue weighted by atomic mass is 10.1. The van der Waals surface area contributed by atoms with Crippen molar-refractivity contribution in [2.45, 2.75) is 33.4 Å². The standard InChI is InChI=1S/C24H30FN3O6S/c1-4-26-24(30)17(3)27(15-18-6-8-19(25)9-7-18)23(29)16-28(35(31,32)5-2)20-10-11-21-22(14-20)34-13-12-33-21/h6-11,14,17H,4-5,12-13,15-16H2,1-3H3,(H,26,30)/t17-/m0/s1. The molecule has 190 valence electrons. The first-order chi connectivity index (χ1) is 16.7. The number of amides is 2. The molecule has 0 spiro atoms. The number of fused-ring (bicyclic) bond motifs is 1. The highest BCUT2D eigenvalue weighted by atomic mass is 32.2. The summed E-state index contributed by atoms with van der Waals surface area (Å²) in [6.07, 6.45) is 0. The first-order valence-corrected chi connectivity index (χ1v) is 13.0. The summed E-state index contributed by atoms with van der Waals surface area (Å²) in [5.41, 5.74) is 0.844. The van der Waals surface area contributed by atoms with E-state index in [2.05, 4.69) is 5.32 Å². The Morgan fingerprint density at radius 1 is 1.06 bits per heavy atom. The number of sulfonamides is 1. The summed E-state index contributed by atoms with van der Waals surface area (Å²) in [6, 6.07) is 9.33. The molecule has 0 unspecified atom stereocenters. The van der Waals surface area contributed by atoms with Crippen LogP contribution in [0.15, 0.2) is 42.5 Å². The number of anilines is 1. The highest BCUT2D eigenvalue weighted by molar-refractivity contribution is 7.92. The first kappa shape index (κ1) is 26.3. The fraction of sp³-hybridized carbons (Fsp3) is 0.417. The lowest BCUT2D eigenvalue weighted by Crippen LogP contribution is -2.51. The largest absolute Gasteiger partial charge is 0.486 e. The second-order valence-corrected chi connectivity index (χ2v) is 10.1. The Labute approximate surface area is 204 Å². The van der Waals surface area contributed by atoms with Crippen LogP contribution in [-0.2, 0) is 26.2 Å². The van der Waals surface area contributed by atoms with E-state index in [1.165, 1.54) is 42.2 Å². The lowest BCUT2D eigenvalue weighted by Gasteiger charge is -2.32. The normalized spacial score (nSPS) is 13.6. The van der Waals surface area contributed by atoms with Gasteiger partial charge in [-0.05, 0) is 50.6 Å². The summed E-state index contributed by atoms with van der Waals surface area (Å²) < 4.78 is 51.5. The van der Waals surface area contributed by atoms with Crippen molar-refractivity contribution in [3.63, 3.8) is 0 Å². The maximum atomic E-state index is 13.5. The van der Waals surface area contributed by atoms with E-state index in [0.717, 1.165) is 4.31 Å². The monoisotopic (exact) mass is 507 g/mol. The van der Waals surface area contributed by atoms with Gasteiger partial charge in [0.2, 0.25) is 21.8 Å². The van der Waals surface area contributed by atoms with Crippen molar-refractivity contribution in [1.29, 1.82) is 0 Å². The molecule has 2 aromatic carbocycles. The fourth-order valence-corrected chi connectivity index (χ4v) is 4.65.